The summed E-state index contributed by atoms with van der Waals surface area (Å²) in [7, 11) is 0. The molecule has 0 heterocycles. The minimum absolute atomic E-state index is 0.362. The van der Waals surface area contributed by atoms with Gasteiger partial charge in [0.1, 0.15) is 5.38 Å². The van der Waals surface area contributed by atoms with Gasteiger partial charge >= 0.3 is 5.97 Å². The summed E-state index contributed by atoms with van der Waals surface area (Å²) in [6.45, 7) is 7.06. The average Bonchev–Trinajstić information content (AvgIpc) is 2.16. The Bertz CT molecular complexity index is 166. The molecular formula is C9H18ClNO3. The van der Waals surface area contributed by atoms with Crippen LogP contribution < -0.4 is 0 Å². The van der Waals surface area contributed by atoms with Crippen molar-refractivity contribution in [3.63, 3.8) is 0 Å². The van der Waals surface area contributed by atoms with Crippen LogP contribution in [0, 0.1) is 0 Å². The molecule has 0 bridgehead atoms. The van der Waals surface area contributed by atoms with E-state index in [1.807, 2.05) is 18.7 Å². The van der Waals surface area contributed by atoms with Crippen LogP contribution in [0.3, 0.4) is 0 Å². The molecule has 0 rings (SSSR count). The van der Waals surface area contributed by atoms with Gasteiger partial charge in [0.2, 0.25) is 0 Å². The number of halogens is 1. The predicted octanol–water partition coefficient (Wildman–Crippen LogP) is 1.04. The average molecular weight is 224 g/mol. The van der Waals surface area contributed by atoms with E-state index in [2.05, 4.69) is 0 Å². The number of rotatable bonds is 8. The highest BCUT2D eigenvalue weighted by atomic mass is 35.5. The molecule has 84 valence electrons. The smallest absolute Gasteiger partial charge is 0.322 e. The van der Waals surface area contributed by atoms with Gasteiger partial charge in [0.25, 0.3) is 0 Å². The van der Waals surface area contributed by atoms with Crippen LogP contribution in [-0.2, 0) is 9.53 Å². The number of likely N-dealkylation sites (N-methyl/N-ethyl adjacent to an activating group) is 1. The summed E-state index contributed by atoms with van der Waals surface area (Å²) < 4.78 is 5.18. The third-order valence-corrected chi connectivity index (χ3v) is 2.21. The first kappa shape index (κ1) is 13.7. The number of ether oxygens (including phenoxy) is 1. The number of hydrogen-bond donors (Lipinski definition) is 1. The van der Waals surface area contributed by atoms with Gasteiger partial charge < -0.3 is 9.84 Å². The molecule has 0 amide bonds. The quantitative estimate of drug-likeness (QED) is 0.494. The molecule has 0 aliphatic heterocycles. The highest BCUT2D eigenvalue weighted by Crippen LogP contribution is 2.00. The van der Waals surface area contributed by atoms with Crippen molar-refractivity contribution in [1.82, 2.24) is 4.90 Å². The maximum Gasteiger partial charge on any atom is 0.322 e. The maximum atomic E-state index is 10.5. The molecule has 0 spiro atoms. The van der Waals surface area contributed by atoms with Crippen LogP contribution in [0.25, 0.3) is 0 Å². The molecule has 0 radical (unpaired) electrons. The maximum absolute atomic E-state index is 10.5. The molecule has 0 saturated heterocycles. The van der Waals surface area contributed by atoms with Gasteiger partial charge in [-0.25, -0.2) is 0 Å². The van der Waals surface area contributed by atoms with Crippen LogP contribution in [-0.4, -0.2) is 54.2 Å². The lowest BCUT2D eigenvalue weighted by Crippen LogP contribution is -2.36. The lowest BCUT2D eigenvalue weighted by molar-refractivity contribution is -0.137. The molecule has 0 saturated carbocycles. The minimum Gasteiger partial charge on any atom is -0.480 e. The third-order valence-electron chi connectivity index (χ3n) is 1.89. The number of carbonyl (C=O) groups is 1. The number of carboxylic acids is 1. The monoisotopic (exact) mass is 223 g/mol. The van der Waals surface area contributed by atoms with Gasteiger partial charge in [0.05, 0.1) is 6.61 Å². The molecule has 0 aliphatic rings. The van der Waals surface area contributed by atoms with E-state index in [4.69, 9.17) is 21.4 Å². The second kappa shape index (κ2) is 8.03. The normalized spacial score (nSPS) is 13.1. The fraction of sp³-hybridized carbons (Fsp3) is 0.889. The summed E-state index contributed by atoms with van der Waals surface area (Å²) in [6, 6.07) is 0. The number of alkyl halides is 1. The third kappa shape index (κ3) is 6.18. The fourth-order valence-corrected chi connectivity index (χ4v) is 1.22. The molecule has 5 heteroatoms. The van der Waals surface area contributed by atoms with E-state index >= 15 is 0 Å². The van der Waals surface area contributed by atoms with E-state index in [0.29, 0.717) is 19.8 Å². The summed E-state index contributed by atoms with van der Waals surface area (Å²) in [5.41, 5.74) is 0. The standard InChI is InChI=1S/C9H18ClNO3/c1-3-11(5-6-14-4-2)7-8(10)9(12)13/h8H,3-7H2,1-2H3,(H,12,13). The number of nitrogens with zero attached hydrogens (tertiary/aromatic N) is 1. The van der Waals surface area contributed by atoms with Crippen LogP contribution >= 0.6 is 11.6 Å². The lowest BCUT2D eigenvalue weighted by atomic mass is 10.3. The Kier molecular flexibility index (Phi) is 7.84. The van der Waals surface area contributed by atoms with Crippen LogP contribution in [0.5, 0.6) is 0 Å². The SMILES string of the molecule is CCOCCN(CC)CC(Cl)C(=O)O. The highest BCUT2D eigenvalue weighted by molar-refractivity contribution is 6.29. The van der Waals surface area contributed by atoms with E-state index in [0.717, 1.165) is 13.1 Å². The molecule has 1 unspecified atom stereocenters. The van der Waals surface area contributed by atoms with Crippen LogP contribution in [0.2, 0.25) is 0 Å². The number of carboxylic acid groups (broad SMARTS) is 1. The first-order valence-electron chi connectivity index (χ1n) is 4.78. The van der Waals surface area contributed by atoms with Crippen molar-refractivity contribution < 1.29 is 14.6 Å². The van der Waals surface area contributed by atoms with Crippen molar-refractivity contribution in [1.29, 1.82) is 0 Å². The van der Waals surface area contributed by atoms with Crippen molar-refractivity contribution in [2.24, 2.45) is 0 Å². The molecule has 0 aliphatic carbocycles. The molecule has 4 nitrogen and oxygen atoms in total. The van der Waals surface area contributed by atoms with Crippen molar-refractivity contribution in [2.75, 3.05) is 32.8 Å². The van der Waals surface area contributed by atoms with Crippen molar-refractivity contribution in [3.05, 3.63) is 0 Å². The molecule has 0 aromatic rings. The summed E-state index contributed by atoms with van der Waals surface area (Å²) in [4.78, 5) is 12.5. The van der Waals surface area contributed by atoms with Crippen molar-refractivity contribution >= 4 is 17.6 Å². The van der Waals surface area contributed by atoms with Gasteiger partial charge in [-0.15, -0.1) is 11.6 Å². The van der Waals surface area contributed by atoms with E-state index in [1.54, 1.807) is 0 Å². The molecule has 0 fully saturated rings. The first-order chi connectivity index (χ1) is 6.61. The van der Waals surface area contributed by atoms with Crippen molar-refractivity contribution in [3.8, 4) is 0 Å². The van der Waals surface area contributed by atoms with E-state index < -0.39 is 11.3 Å². The minimum atomic E-state index is -0.971. The van der Waals surface area contributed by atoms with Gasteiger partial charge in [0.15, 0.2) is 0 Å². The Labute approximate surface area is 89.8 Å². The Morgan fingerprint density at radius 1 is 1.57 bits per heavy atom. The second-order valence-corrected chi connectivity index (χ2v) is 3.42. The first-order valence-corrected chi connectivity index (χ1v) is 5.22. The Morgan fingerprint density at radius 3 is 2.64 bits per heavy atom. The fourth-order valence-electron chi connectivity index (χ4n) is 1.02. The highest BCUT2D eigenvalue weighted by Gasteiger charge is 2.16. The van der Waals surface area contributed by atoms with Crippen LogP contribution in [0.15, 0.2) is 0 Å². The molecule has 14 heavy (non-hydrogen) atoms. The topological polar surface area (TPSA) is 49.8 Å². The Morgan fingerprint density at radius 2 is 2.21 bits per heavy atom. The molecular weight excluding hydrogens is 206 g/mol. The summed E-state index contributed by atoms with van der Waals surface area (Å²) in [6.07, 6.45) is 0. The summed E-state index contributed by atoms with van der Waals surface area (Å²) >= 11 is 5.62. The molecule has 0 aromatic heterocycles. The Balaban J connectivity index is 3.72. The molecule has 0 aromatic carbocycles. The number of aliphatic carboxylic acids is 1. The molecule has 1 atom stereocenters. The number of hydrogen-bond acceptors (Lipinski definition) is 3. The summed E-state index contributed by atoms with van der Waals surface area (Å²) in [5.74, 6) is -0.971. The van der Waals surface area contributed by atoms with E-state index in [1.165, 1.54) is 0 Å². The second-order valence-electron chi connectivity index (χ2n) is 2.90. The van der Waals surface area contributed by atoms with E-state index in [9.17, 15) is 4.79 Å². The predicted molar refractivity (Wildman–Crippen MR) is 55.9 cm³/mol. The van der Waals surface area contributed by atoms with Crippen LogP contribution in [0.1, 0.15) is 13.8 Å². The zero-order chi connectivity index (χ0) is 11.0. The van der Waals surface area contributed by atoms with Gasteiger partial charge in [-0.05, 0) is 13.5 Å². The lowest BCUT2D eigenvalue weighted by Gasteiger charge is -2.21. The van der Waals surface area contributed by atoms with E-state index in [-0.39, 0.29) is 0 Å². The van der Waals surface area contributed by atoms with Gasteiger partial charge in [-0.1, -0.05) is 6.92 Å². The van der Waals surface area contributed by atoms with Gasteiger partial charge in [-0.3, -0.25) is 9.69 Å². The zero-order valence-corrected chi connectivity index (χ0v) is 9.46. The van der Waals surface area contributed by atoms with Gasteiger partial charge in [-0.2, -0.15) is 0 Å². The largest absolute Gasteiger partial charge is 0.480 e. The summed E-state index contributed by atoms with van der Waals surface area (Å²) in [5, 5.41) is 7.77. The van der Waals surface area contributed by atoms with Crippen LogP contribution in [0.4, 0.5) is 0 Å². The molecule has 1 N–H and O–H groups in total. The van der Waals surface area contributed by atoms with Gasteiger partial charge in [0, 0.05) is 19.7 Å². The zero-order valence-electron chi connectivity index (χ0n) is 8.70. The van der Waals surface area contributed by atoms with Crippen molar-refractivity contribution in [2.45, 2.75) is 19.2 Å². The Hall–Kier alpha value is -0.320.